The van der Waals surface area contributed by atoms with Gasteiger partial charge in [0.1, 0.15) is 11.6 Å². The molecule has 1 aliphatic heterocycles. The quantitative estimate of drug-likeness (QED) is 0.194. The number of hydrogen-bond acceptors (Lipinski definition) is 6. The number of benzene rings is 2. The smallest absolute Gasteiger partial charge is 0.410 e. The summed E-state index contributed by atoms with van der Waals surface area (Å²) in [5.74, 6) is -0.0470. The molecule has 1 saturated heterocycles. The monoisotopic (exact) mass is 702 g/mol. The van der Waals surface area contributed by atoms with Crippen molar-refractivity contribution in [3.8, 4) is 0 Å². The number of aromatic nitrogens is 3. The highest BCUT2D eigenvalue weighted by atomic mass is 35.5. The van der Waals surface area contributed by atoms with E-state index < -0.39 is 17.7 Å². The third-order valence-corrected chi connectivity index (χ3v) is 9.56. The summed E-state index contributed by atoms with van der Waals surface area (Å²) in [6, 6.07) is 17.0. The number of pyridine rings is 1. The first-order valence-electron chi connectivity index (χ1n) is 16.9. The van der Waals surface area contributed by atoms with E-state index in [1.807, 2.05) is 93.6 Å². The van der Waals surface area contributed by atoms with Crippen LogP contribution in [0.1, 0.15) is 66.9 Å². The van der Waals surface area contributed by atoms with Gasteiger partial charge in [-0.15, -0.1) is 0 Å². The molecule has 0 saturated carbocycles. The largest absolute Gasteiger partial charge is 0.444 e. The number of carbonyl (C=O) groups is 2. The number of fused-ring (bicyclic) bond motifs is 2. The molecule has 0 radical (unpaired) electrons. The van der Waals surface area contributed by atoms with Crippen molar-refractivity contribution in [1.29, 1.82) is 0 Å². The SMILES string of the molecule is Cc1cn(CCCN(Cc2ccccc2)C(=O)C2CN(C(=O)OC(C)(C)C)CCN2C2c3ccc(Cl)cc3CCc3cc(Cl)cnc32)cn1. The highest BCUT2D eigenvalue weighted by Gasteiger charge is 2.43. The highest BCUT2D eigenvalue weighted by molar-refractivity contribution is 6.30. The van der Waals surface area contributed by atoms with Gasteiger partial charge in [0.2, 0.25) is 5.91 Å². The molecule has 3 heterocycles. The van der Waals surface area contributed by atoms with Crippen LogP contribution >= 0.6 is 23.2 Å². The van der Waals surface area contributed by atoms with Crippen molar-refractivity contribution in [2.45, 2.75) is 77.7 Å². The van der Waals surface area contributed by atoms with E-state index in [0.717, 1.165) is 59.4 Å². The Balaban J connectivity index is 1.39. The number of rotatable bonds is 8. The van der Waals surface area contributed by atoms with Crippen molar-refractivity contribution >= 4 is 35.2 Å². The fourth-order valence-corrected chi connectivity index (χ4v) is 7.26. The Bertz CT molecular complexity index is 1740. The lowest BCUT2D eigenvalue weighted by Gasteiger charge is -2.46. The van der Waals surface area contributed by atoms with E-state index >= 15 is 4.79 Å². The van der Waals surface area contributed by atoms with E-state index in [9.17, 15) is 4.79 Å². The summed E-state index contributed by atoms with van der Waals surface area (Å²) in [6.07, 6.45) is 7.35. The molecular weight excluding hydrogens is 659 g/mol. The summed E-state index contributed by atoms with van der Waals surface area (Å²) in [5.41, 5.74) is 5.42. The van der Waals surface area contributed by atoms with Crippen LogP contribution in [-0.4, -0.2) is 79.1 Å². The molecule has 1 fully saturated rings. The van der Waals surface area contributed by atoms with Crippen LogP contribution in [0.3, 0.4) is 0 Å². The Morgan fingerprint density at radius 1 is 0.980 bits per heavy atom. The lowest BCUT2D eigenvalue weighted by molar-refractivity contribution is -0.141. The summed E-state index contributed by atoms with van der Waals surface area (Å²) in [6.45, 7) is 10.3. The van der Waals surface area contributed by atoms with Gasteiger partial charge in [0.25, 0.3) is 0 Å². The fraction of sp³-hybridized carbons (Fsp3) is 0.421. The molecule has 2 aromatic carbocycles. The molecule has 0 spiro atoms. The first-order valence-corrected chi connectivity index (χ1v) is 17.7. The van der Waals surface area contributed by atoms with Crippen LogP contribution in [0, 0.1) is 6.92 Å². The Morgan fingerprint density at radius 3 is 2.47 bits per heavy atom. The van der Waals surface area contributed by atoms with Crippen molar-refractivity contribution < 1.29 is 14.3 Å². The van der Waals surface area contributed by atoms with Gasteiger partial charge >= 0.3 is 6.09 Å². The van der Waals surface area contributed by atoms with Crippen molar-refractivity contribution in [2.24, 2.45) is 0 Å². The molecule has 11 heteroatoms. The first-order chi connectivity index (χ1) is 23.4. The van der Waals surface area contributed by atoms with E-state index in [0.29, 0.717) is 36.2 Å². The number of halogens is 2. The summed E-state index contributed by atoms with van der Waals surface area (Å²) in [4.78, 5) is 43.7. The molecule has 2 aliphatic rings. The summed E-state index contributed by atoms with van der Waals surface area (Å²) in [5, 5.41) is 1.24. The number of imidazole rings is 1. The van der Waals surface area contributed by atoms with Gasteiger partial charge in [0.15, 0.2) is 0 Å². The van der Waals surface area contributed by atoms with Gasteiger partial charge < -0.3 is 19.1 Å². The van der Waals surface area contributed by atoms with Crippen molar-refractivity contribution in [3.05, 3.63) is 117 Å². The second-order valence-electron chi connectivity index (χ2n) is 14.0. The molecule has 49 heavy (non-hydrogen) atoms. The summed E-state index contributed by atoms with van der Waals surface area (Å²) < 4.78 is 7.86. The van der Waals surface area contributed by atoms with Crippen LogP contribution in [0.2, 0.25) is 10.0 Å². The average Bonchev–Trinajstić information content (AvgIpc) is 3.41. The molecule has 9 nitrogen and oxygen atoms in total. The van der Waals surface area contributed by atoms with Crippen molar-refractivity contribution in [2.75, 3.05) is 26.2 Å². The van der Waals surface area contributed by atoms with E-state index in [4.69, 9.17) is 32.9 Å². The third kappa shape index (κ3) is 8.46. The van der Waals surface area contributed by atoms with Gasteiger partial charge in [0, 0.05) is 56.7 Å². The maximum atomic E-state index is 15.1. The lowest BCUT2D eigenvalue weighted by atomic mass is 9.94. The average molecular weight is 704 g/mol. The molecule has 2 aromatic heterocycles. The molecule has 0 bridgehead atoms. The highest BCUT2D eigenvalue weighted by Crippen LogP contribution is 2.40. The van der Waals surface area contributed by atoms with Crippen molar-refractivity contribution in [1.82, 2.24) is 29.2 Å². The van der Waals surface area contributed by atoms with Crippen LogP contribution in [0.5, 0.6) is 0 Å². The first kappa shape index (κ1) is 34.9. The Morgan fingerprint density at radius 2 is 1.73 bits per heavy atom. The third-order valence-electron chi connectivity index (χ3n) is 9.12. The van der Waals surface area contributed by atoms with Crippen LogP contribution in [0.4, 0.5) is 4.79 Å². The minimum Gasteiger partial charge on any atom is -0.444 e. The number of ether oxygens (including phenoxy) is 1. The molecule has 0 N–H and O–H groups in total. The summed E-state index contributed by atoms with van der Waals surface area (Å²) in [7, 11) is 0. The molecule has 2 amide bonds. The Kier molecular flexibility index (Phi) is 10.6. The minimum atomic E-state index is -0.669. The number of nitrogens with zero attached hydrogens (tertiary/aromatic N) is 6. The second-order valence-corrected chi connectivity index (χ2v) is 14.8. The van der Waals surface area contributed by atoms with E-state index in [1.54, 1.807) is 11.1 Å². The number of carbonyl (C=O) groups excluding carboxylic acids is 2. The van der Waals surface area contributed by atoms with Crippen LogP contribution < -0.4 is 0 Å². The standard InChI is InChI=1S/C38H44Cl2N6O3/c1-26-22-43(25-42-26)15-8-16-44(23-27-9-6-5-7-10-27)36(47)33-24-45(37(48)49-38(2,3)4)17-18-46(33)35-32-14-13-30(39)19-28(32)11-12-29-20-31(40)21-41-34(29)35/h5-7,9-10,13-14,19-22,25,33,35H,8,11-12,15-18,23-24H2,1-4H3. The van der Waals surface area contributed by atoms with E-state index in [2.05, 4.69) is 20.5 Å². The predicted octanol–water partition coefficient (Wildman–Crippen LogP) is 7.12. The van der Waals surface area contributed by atoms with Gasteiger partial charge in [-0.1, -0.05) is 59.6 Å². The van der Waals surface area contributed by atoms with E-state index in [-0.39, 0.29) is 18.5 Å². The topological polar surface area (TPSA) is 83.8 Å². The summed E-state index contributed by atoms with van der Waals surface area (Å²) >= 11 is 13.0. The normalized spacial score (nSPS) is 18.0. The molecule has 6 rings (SSSR count). The van der Waals surface area contributed by atoms with Gasteiger partial charge in [-0.3, -0.25) is 14.7 Å². The molecule has 258 valence electrons. The Hall–Kier alpha value is -3.92. The predicted molar refractivity (Wildman–Crippen MR) is 192 cm³/mol. The second kappa shape index (κ2) is 14.9. The van der Waals surface area contributed by atoms with Gasteiger partial charge in [-0.2, -0.15) is 0 Å². The molecule has 2 atom stereocenters. The zero-order valence-electron chi connectivity index (χ0n) is 28.6. The molecular formula is C38H44Cl2N6O3. The van der Waals surface area contributed by atoms with Gasteiger partial charge in [0.05, 0.1) is 28.8 Å². The maximum absolute atomic E-state index is 15.1. The number of amides is 2. The maximum Gasteiger partial charge on any atom is 0.410 e. The number of aryl methyl sites for hydroxylation is 4. The van der Waals surface area contributed by atoms with Crippen LogP contribution in [-0.2, 0) is 35.5 Å². The van der Waals surface area contributed by atoms with Gasteiger partial charge in [-0.25, -0.2) is 9.78 Å². The lowest BCUT2D eigenvalue weighted by Crippen LogP contribution is -2.61. The molecule has 2 unspecified atom stereocenters. The zero-order chi connectivity index (χ0) is 34.7. The molecule has 4 aromatic rings. The van der Waals surface area contributed by atoms with E-state index in [1.165, 1.54) is 0 Å². The van der Waals surface area contributed by atoms with Crippen LogP contribution in [0.15, 0.2) is 73.3 Å². The van der Waals surface area contributed by atoms with Crippen molar-refractivity contribution in [3.63, 3.8) is 0 Å². The number of hydrogen-bond donors (Lipinski definition) is 0. The molecule has 1 aliphatic carbocycles. The Labute approximate surface area is 298 Å². The minimum absolute atomic E-state index is 0.0470. The fourth-order valence-electron chi connectivity index (χ4n) is 6.89. The van der Waals surface area contributed by atoms with Gasteiger partial charge in [-0.05, 0) is 87.4 Å². The number of piperazine rings is 1. The van der Waals surface area contributed by atoms with Crippen LogP contribution in [0.25, 0.3) is 0 Å². The zero-order valence-corrected chi connectivity index (χ0v) is 30.1.